The van der Waals surface area contributed by atoms with E-state index in [-0.39, 0.29) is 17.6 Å². The lowest BCUT2D eigenvalue weighted by Crippen LogP contribution is -2.26. The first-order valence-electron chi connectivity index (χ1n) is 8.54. The Labute approximate surface area is 157 Å². The van der Waals surface area contributed by atoms with Gasteiger partial charge in [-0.05, 0) is 30.2 Å². The van der Waals surface area contributed by atoms with Crippen LogP contribution in [0.2, 0.25) is 0 Å². The van der Waals surface area contributed by atoms with E-state index in [1.165, 1.54) is 34.9 Å². The molecule has 0 bridgehead atoms. The number of aryl methyl sites for hydroxylation is 1. The molecule has 1 aromatic heterocycles. The highest BCUT2D eigenvalue weighted by Crippen LogP contribution is 2.29. The van der Waals surface area contributed by atoms with Crippen LogP contribution in [0, 0.1) is 10.1 Å². The molecule has 3 rings (SSSR count). The molecule has 0 atom stereocenters. The van der Waals surface area contributed by atoms with Gasteiger partial charge in [-0.1, -0.05) is 19.1 Å². The summed E-state index contributed by atoms with van der Waals surface area (Å²) in [7, 11) is 0. The minimum absolute atomic E-state index is 0.0257. The minimum atomic E-state index is -4.44. The second-order valence-corrected chi connectivity index (χ2v) is 6.32. The third kappa shape index (κ3) is 3.88. The Morgan fingerprint density at radius 3 is 2.39 bits per heavy atom. The largest absolute Gasteiger partial charge is 0.416 e. The van der Waals surface area contributed by atoms with Crippen molar-refractivity contribution in [1.82, 2.24) is 9.55 Å². The molecule has 0 spiro atoms. The van der Waals surface area contributed by atoms with Crippen molar-refractivity contribution in [2.45, 2.75) is 32.5 Å². The molecule has 0 aliphatic heterocycles. The summed E-state index contributed by atoms with van der Waals surface area (Å²) in [6, 6.07) is 8.41. The van der Waals surface area contributed by atoms with E-state index in [0.717, 1.165) is 12.1 Å². The number of halogens is 3. The average molecular weight is 391 g/mol. The molecule has 28 heavy (non-hydrogen) atoms. The van der Waals surface area contributed by atoms with Gasteiger partial charge in [0.1, 0.15) is 5.82 Å². The Bertz CT molecular complexity index is 1090. The van der Waals surface area contributed by atoms with Crippen LogP contribution in [0.25, 0.3) is 10.9 Å². The minimum Gasteiger partial charge on any atom is -0.292 e. The van der Waals surface area contributed by atoms with E-state index in [0.29, 0.717) is 29.7 Å². The standard InChI is InChI=1S/C19H16F3N3O3/c1-2-3-17-23-16-9-8-14(25(27)28)10-15(16)18(26)24(17)11-12-4-6-13(7-5-12)19(20,21)22/h4-10H,2-3,11H2,1H3. The first-order valence-corrected chi connectivity index (χ1v) is 8.54. The van der Waals surface area contributed by atoms with E-state index in [4.69, 9.17) is 0 Å². The Kier molecular flexibility index (Phi) is 5.17. The first-order chi connectivity index (χ1) is 13.2. The highest BCUT2D eigenvalue weighted by Gasteiger charge is 2.30. The van der Waals surface area contributed by atoms with Crippen molar-refractivity contribution in [2.75, 3.05) is 0 Å². The van der Waals surface area contributed by atoms with Gasteiger partial charge in [-0.2, -0.15) is 13.2 Å². The molecule has 1 heterocycles. The number of fused-ring (bicyclic) bond motifs is 1. The number of rotatable bonds is 5. The van der Waals surface area contributed by atoms with Gasteiger partial charge in [0.25, 0.3) is 11.2 Å². The van der Waals surface area contributed by atoms with Crippen LogP contribution in [0.5, 0.6) is 0 Å². The summed E-state index contributed by atoms with van der Waals surface area (Å²) in [5.74, 6) is 0.480. The summed E-state index contributed by atoms with van der Waals surface area (Å²) >= 11 is 0. The topological polar surface area (TPSA) is 78.0 Å². The zero-order valence-electron chi connectivity index (χ0n) is 14.9. The van der Waals surface area contributed by atoms with Gasteiger partial charge in [-0.3, -0.25) is 19.5 Å². The van der Waals surface area contributed by atoms with Gasteiger partial charge in [-0.15, -0.1) is 0 Å². The monoisotopic (exact) mass is 391 g/mol. The van der Waals surface area contributed by atoms with Crippen molar-refractivity contribution in [3.63, 3.8) is 0 Å². The predicted molar refractivity (Wildman–Crippen MR) is 97.2 cm³/mol. The van der Waals surface area contributed by atoms with Crippen LogP contribution in [0.1, 0.15) is 30.3 Å². The third-order valence-corrected chi connectivity index (χ3v) is 4.32. The molecule has 0 fully saturated rings. The van der Waals surface area contributed by atoms with Crippen LogP contribution in [-0.2, 0) is 19.1 Å². The van der Waals surface area contributed by atoms with Crippen LogP contribution in [0.15, 0.2) is 47.3 Å². The van der Waals surface area contributed by atoms with Crippen molar-refractivity contribution >= 4 is 16.6 Å². The highest BCUT2D eigenvalue weighted by molar-refractivity contribution is 5.80. The Balaban J connectivity index is 2.09. The normalized spacial score (nSPS) is 11.7. The lowest BCUT2D eigenvalue weighted by atomic mass is 10.1. The van der Waals surface area contributed by atoms with Crippen LogP contribution < -0.4 is 5.56 Å². The number of non-ortho nitro benzene ring substituents is 1. The quantitative estimate of drug-likeness (QED) is 0.479. The first kappa shape index (κ1) is 19.5. The number of hydrogen-bond acceptors (Lipinski definition) is 4. The van der Waals surface area contributed by atoms with Crippen LogP contribution >= 0.6 is 0 Å². The number of benzene rings is 2. The van der Waals surface area contributed by atoms with Crippen molar-refractivity contribution in [1.29, 1.82) is 0 Å². The summed E-state index contributed by atoms with van der Waals surface area (Å²) in [5, 5.41) is 11.1. The van der Waals surface area contributed by atoms with Crippen LogP contribution in [-0.4, -0.2) is 14.5 Å². The Hall–Kier alpha value is -3.23. The van der Waals surface area contributed by atoms with E-state index in [1.807, 2.05) is 6.92 Å². The van der Waals surface area contributed by atoms with E-state index in [2.05, 4.69) is 4.98 Å². The van der Waals surface area contributed by atoms with Crippen LogP contribution in [0.4, 0.5) is 18.9 Å². The molecule has 0 aliphatic rings. The molecule has 0 N–H and O–H groups in total. The number of nitro groups is 1. The molecule has 0 saturated heterocycles. The highest BCUT2D eigenvalue weighted by atomic mass is 19.4. The van der Waals surface area contributed by atoms with E-state index in [1.54, 1.807) is 0 Å². The molecule has 0 amide bonds. The van der Waals surface area contributed by atoms with E-state index < -0.39 is 22.2 Å². The van der Waals surface area contributed by atoms with E-state index >= 15 is 0 Å². The molecule has 0 saturated carbocycles. The molecule has 0 radical (unpaired) electrons. The molecule has 0 aliphatic carbocycles. The maximum atomic E-state index is 12.9. The van der Waals surface area contributed by atoms with Gasteiger partial charge in [0.2, 0.25) is 0 Å². The maximum Gasteiger partial charge on any atom is 0.416 e. The second kappa shape index (κ2) is 7.41. The molecule has 2 aromatic carbocycles. The molecule has 3 aromatic rings. The van der Waals surface area contributed by atoms with E-state index in [9.17, 15) is 28.1 Å². The van der Waals surface area contributed by atoms with Crippen molar-refractivity contribution in [3.05, 3.63) is 79.9 Å². The SMILES string of the molecule is CCCc1nc2ccc([N+](=O)[O-])cc2c(=O)n1Cc1ccc(C(F)(F)F)cc1. The Morgan fingerprint density at radius 1 is 1.14 bits per heavy atom. The summed E-state index contributed by atoms with van der Waals surface area (Å²) in [6.07, 6.45) is -3.24. The molecule has 9 heteroatoms. The molecule has 146 valence electrons. The smallest absolute Gasteiger partial charge is 0.292 e. The van der Waals surface area contributed by atoms with Crippen LogP contribution in [0.3, 0.4) is 0 Å². The number of hydrogen-bond donors (Lipinski definition) is 0. The summed E-state index contributed by atoms with van der Waals surface area (Å²) in [4.78, 5) is 27.8. The lowest BCUT2D eigenvalue weighted by Gasteiger charge is -2.14. The zero-order valence-corrected chi connectivity index (χ0v) is 14.9. The fourth-order valence-electron chi connectivity index (χ4n) is 2.93. The fraction of sp³-hybridized carbons (Fsp3) is 0.263. The number of nitrogens with zero attached hydrogens (tertiary/aromatic N) is 3. The third-order valence-electron chi connectivity index (χ3n) is 4.32. The molecule has 0 unspecified atom stereocenters. The molecule has 6 nitrogen and oxygen atoms in total. The zero-order chi connectivity index (χ0) is 20.5. The van der Waals surface area contributed by atoms with Gasteiger partial charge >= 0.3 is 6.18 Å². The van der Waals surface area contributed by atoms with Crippen molar-refractivity contribution < 1.29 is 18.1 Å². The lowest BCUT2D eigenvalue weighted by molar-refractivity contribution is -0.384. The van der Waals surface area contributed by atoms with Gasteiger partial charge in [-0.25, -0.2) is 4.98 Å². The number of alkyl halides is 3. The maximum absolute atomic E-state index is 12.9. The van der Waals surface area contributed by atoms with Gasteiger partial charge in [0.15, 0.2) is 0 Å². The van der Waals surface area contributed by atoms with Crippen molar-refractivity contribution in [3.8, 4) is 0 Å². The Morgan fingerprint density at radius 2 is 1.82 bits per heavy atom. The predicted octanol–water partition coefficient (Wildman–Crippen LogP) is 4.32. The number of aromatic nitrogens is 2. The second-order valence-electron chi connectivity index (χ2n) is 6.32. The summed E-state index contributed by atoms with van der Waals surface area (Å²) < 4.78 is 39.6. The summed E-state index contributed by atoms with van der Waals surface area (Å²) in [5.41, 5.74) is -0.612. The fourth-order valence-corrected chi connectivity index (χ4v) is 2.93. The van der Waals surface area contributed by atoms with Gasteiger partial charge in [0.05, 0.1) is 27.9 Å². The van der Waals surface area contributed by atoms with Gasteiger partial charge in [0, 0.05) is 18.6 Å². The molecular formula is C19H16F3N3O3. The average Bonchev–Trinajstić information content (AvgIpc) is 2.64. The van der Waals surface area contributed by atoms with Gasteiger partial charge < -0.3 is 0 Å². The molecular weight excluding hydrogens is 375 g/mol. The van der Waals surface area contributed by atoms with Crippen molar-refractivity contribution in [2.24, 2.45) is 0 Å². The summed E-state index contributed by atoms with van der Waals surface area (Å²) in [6.45, 7) is 1.94. The number of nitro benzene ring substituents is 1.